The summed E-state index contributed by atoms with van der Waals surface area (Å²) in [5.41, 5.74) is 1.17. The highest BCUT2D eigenvalue weighted by atomic mass is 16.2. The Morgan fingerprint density at radius 3 is 2.78 bits per heavy atom. The van der Waals surface area contributed by atoms with Crippen LogP contribution in [0.2, 0.25) is 0 Å². The lowest BCUT2D eigenvalue weighted by Gasteiger charge is -2.35. The maximum atomic E-state index is 12.6. The molecular formula is C22H29N3O2. The van der Waals surface area contributed by atoms with Crippen LogP contribution in [0.1, 0.15) is 31.7 Å². The molecule has 1 atom stereocenters. The van der Waals surface area contributed by atoms with Gasteiger partial charge in [0.15, 0.2) is 0 Å². The minimum absolute atomic E-state index is 0.0361. The van der Waals surface area contributed by atoms with Crippen molar-refractivity contribution in [2.24, 2.45) is 0 Å². The van der Waals surface area contributed by atoms with Crippen molar-refractivity contribution in [2.45, 2.75) is 38.8 Å². The number of nitrogens with one attached hydrogen (secondary N) is 1. The van der Waals surface area contributed by atoms with Crippen molar-refractivity contribution in [1.29, 1.82) is 0 Å². The van der Waals surface area contributed by atoms with Gasteiger partial charge in [-0.25, -0.2) is 0 Å². The van der Waals surface area contributed by atoms with E-state index in [0.717, 1.165) is 25.9 Å². The molecular weight excluding hydrogens is 338 g/mol. The highest BCUT2D eigenvalue weighted by Crippen LogP contribution is 2.19. The van der Waals surface area contributed by atoms with Gasteiger partial charge in [0.25, 0.3) is 0 Å². The van der Waals surface area contributed by atoms with E-state index in [1.165, 1.54) is 16.3 Å². The van der Waals surface area contributed by atoms with Crippen LogP contribution in [0.4, 0.5) is 0 Å². The predicted octanol–water partition coefficient (Wildman–Crippen LogP) is 2.79. The average molecular weight is 367 g/mol. The Balaban J connectivity index is 1.71. The average Bonchev–Trinajstić information content (AvgIpc) is 2.68. The van der Waals surface area contributed by atoms with Crippen molar-refractivity contribution in [2.75, 3.05) is 26.7 Å². The third-order valence-electron chi connectivity index (χ3n) is 5.28. The number of hydrogen-bond acceptors (Lipinski definition) is 3. The first kappa shape index (κ1) is 19.4. The molecule has 1 heterocycles. The summed E-state index contributed by atoms with van der Waals surface area (Å²) in [4.78, 5) is 28.9. The van der Waals surface area contributed by atoms with Gasteiger partial charge in [-0.2, -0.15) is 0 Å². The van der Waals surface area contributed by atoms with Crippen molar-refractivity contribution < 1.29 is 9.59 Å². The zero-order chi connectivity index (χ0) is 19.2. The molecule has 5 heteroatoms. The van der Waals surface area contributed by atoms with Crippen molar-refractivity contribution >= 4 is 22.6 Å². The molecule has 1 N–H and O–H groups in total. The zero-order valence-corrected chi connectivity index (χ0v) is 16.3. The van der Waals surface area contributed by atoms with Crippen LogP contribution in [-0.2, 0) is 16.1 Å². The van der Waals surface area contributed by atoms with E-state index in [2.05, 4.69) is 47.5 Å². The van der Waals surface area contributed by atoms with E-state index in [0.29, 0.717) is 13.1 Å². The van der Waals surface area contributed by atoms with E-state index in [9.17, 15) is 9.59 Å². The smallest absolute Gasteiger partial charge is 0.237 e. The molecule has 0 radical (unpaired) electrons. The Morgan fingerprint density at radius 1 is 1.22 bits per heavy atom. The van der Waals surface area contributed by atoms with Gasteiger partial charge in [-0.15, -0.1) is 0 Å². The molecule has 2 amide bonds. The SMILES string of the molecule is CCCCN(C)C(=O)C[C@@H]1C(=O)NCCN1Cc1ccc2ccccc2c1. The van der Waals surface area contributed by atoms with Gasteiger partial charge in [-0.05, 0) is 28.8 Å². The summed E-state index contributed by atoms with van der Waals surface area (Å²) in [5.74, 6) is -0.00621. The summed E-state index contributed by atoms with van der Waals surface area (Å²) in [6.45, 7) is 4.92. The molecule has 0 unspecified atom stereocenters. The van der Waals surface area contributed by atoms with E-state index >= 15 is 0 Å². The largest absolute Gasteiger partial charge is 0.353 e. The second kappa shape index (κ2) is 9.00. The number of piperazine rings is 1. The number of carbonyl (C=O) groups excluding carboxylic acids is 2. The summed E-state index contributed by atoms with van der Waals surface area (Å²) in [6.07, 6.45) is 2.27. The van der Waals surface area contributed by atoms with Crippen LogP contribution in [-0.4, -0.2) is 54.3 Å². The second-order valence-electron chi connectivity index (χ2n) is 7.33. The fourth-order valence-corrected chi connectivity index (χ4v) is 3.59. The Labute approximate surface area is 161 Å². The van der Waals surface area contributed by atoms with Crippen LogP contribution in [0.15, 0.2) is 42.5 Å². The number of rotatable bonds is 7. The third-order valence-corrected chi connectivity index (χ3v) is 5.28. The van der Waals surface area contributed by atoms with Gasteiger partial charge >= 0.3 is 0 Å². The minimum Gasteiger partial charge on any atom is -0.353 e. The van der Waals surface area contributed by atoms with Crippen LogP contribution >= 0.6 is 0 Å². The van der Waals surface area contributed by atoms with Gasteiger partial charge in [0.1, 0.15) is 0 Å². The first-order valence-corrected chi connectivity index (χ1v) is 9.82. The third kappa shape index (κ3) is 4.86. The first-order valence-electron chi connectivity index (χ1n) is 9.82. The first-order chi connectivity index (χ1) is 13.1. The van der Waals surface area contributed by atoms with Crippen molar-refractivity contribution in [3.05, 3.63) is 48.0 Å². The van der Waals surface area contributed by atoms with E-state index in [-0.39, 0.29) is 18.2 Å². The van der Waals surface area contributed by atoms with Crippen molar-refractivity contribution in [3.63, 3.8) is 0 Å². The van der Waals surface area contributed by atoms with Crippen LogP contribution in [0.25, 0.3) is 10.8 Å². The molecule has 144 valence electrons. The quantitative estimate of drug-likeness (QED) is 0.819. The molecule has 2 aromatic rings. The van der Waals surface area contributed by atoms with Crippen LogP contribution in [0.5, 0.6) is 0 Å². The number of hydrogen-bond donors (Lipinski definition) is 1. The molecule has 27 heavy (non-hydrogen) atoms. The van der Waals surface area contributed by atoms with Gasteiger partial charge in [0.2, 0.25) is 11.8 Å². The monoisotopic (exact) mass is 367 g/mol. The Bertz CT molecular complexity index is 805. The van der Waals surface area contributed by atoms with E-state index in [1.807, 2.05) is 19.2 Å². The highest BCUT2D eigenvalue weighted by Gasteiger charge is 2.32. The number of fused-ring (bicyclic) bond motifs is 1. The summed E-state index contributed by atoms with van der Waals surface area (Å²) in [6, 6.07) is 14.3. The van der Waals surface area contributed by atoms with Gasteiger partial charge in [0, 0.05) is 33.2 Å². The predicted molar refractivity (Wildman–Crippen MR) is 108 cm³/mol. The fraction of sp³-hybridized carbons (Fsp3) is 0.455. The molecule has 1 fully saturated rings. The zero-order valence-electron chi connectivity index (χ0n) is 16.3. The van der Waals surface area contributed by atoms with E-state index < -0.39 is 6.04 Å². The number of amides is 2. The number of benzene rings is 2. The molecule has 0 spiro atoms. The highest BCUT2D eigenvalue weighted by molar-refractivity contribution is 5.89. The molecule has 0 bridgehead atoms. The molecule has 5 nitrogen and oxygen atoms in total. The Morgan fingerprint density at radius 2 is 2.00 bits per heavy atom. The Kier molecular flexibility index (Phi) is 6.45. The maximum absolute atomic E-state index is 12.6. The number of unbranched alkanes of at least 4 members (excludes halogenated alkanes) is 1. The van der Waals surface area contributed by atoms with Crippen molar-refractivity contribution in [3.8, 4) is 0 Å². The topological polar surface area (TPSA) is 52.7 Å². The van der Waals surface area contributed by atoms with Crippen LogP contribution in [0, 0.1) is 0 Å². The lowest BCUT2D eigenvalue weighted by Crippen LogP contribution is -2.56. The summed E-state index contributed by atoms with van der Waals surface area (Å²) in [5, 5.41) is 5.32. The standard InChI is InChI=1S/C22H29N3O2/c1-3-4-12-24(2)21(26)15-20-22(27)23-11-13-25(20)16-17-9-10-18-7-5-6-8-19(18)14-17/h5-10,14,20H,3-4,11-13,15-16H2,1-2H3,(H,23,27)/t20-/m1/s1. The van der Waals surface area contributed by atoms with Gasteiger partial charge in [0.05, 0.1) is 12.5 Å². The minimum atomic E-state index is -0.401. The molecule has 2 aromatic carbocycles. The fourth-order valence-electron chi connectivity index (χ4n) is 3.59. The van der Waals surface area contributed by atoms with Gasteiger partial charge < -0.3 is 10.2 Å². The summed E-state index contributed by atoms with van der Waals surface area (Å²) >= 11 is 0. The molecule has 1 aliphatic rings. The van der Waals surface area contributed by atoms with E-state index in [4.69, 9.17) is 0 Å². The van der Waals surface area contributed by atoms with Crippen LogP contribution < -0.4 is 5.32 Å². The van der Waals surface area contributed by atoms with E-state index in [1.54, 1.807) is 4.90 Å². The van der Waals surface area contributed by atoms with Crippen LogP contribution in [0.3, 0.4) is 0 Å². The molecule has 3 rings (SSSR count). The molecule has 1 aliphatic heterocycles. The number of nitrogens with zero attached hydrogens (tertiary/aromatic N) is 2. The molecule has 1 saturated heterocycles. The lowest BCUT2D eigenvalue weighted by atomic mass is 10.0. The second-order valence-corrected chi connectivity index (χ2v) is 7.33. The van der Waals surface area contributed by atoms with Crippen molar-refractivity contribution in [1.82, 2.24) is 15.1 Å². The van der Waals surface area contributed by atoms with Gasteiger partial charge in [-0.3, -0.25) is 14.5 Å². The Hall–Kier alpha value is -2.40. The molecule has 0 aliphatic carbocycles. The molecule has 0 aromatic heterocycles. The summed E-state index contributed by atoms with van der Waals surface area (Å²) in [7, 11) is 1.83. The molecule has 0 saturated carbocycles. The van der Waals surface area contributed by atoms with Gasteiger partial charge in [-0.1, -0.05) is 49.7 Å². The lowest BCUT2D eigenvalue weighted by molar-refractivity contribution is -0.138. The number of carbonyl (C=O) groups is 2. The normalized spacial score (nSPS) is 17.7. The summed E-state index contributed by atoms with van der Waals surface area (Å²) < 4.78 is 0. The maximum Gasteiger partial charge on any atom is 0.237 e.